The number of hydrogen-bond donors (Lipinski definition) is 3. The predicted octanol–water partition coefficient (Wildman–Crippen LogP) is 6.87. The van der Waals surface area contributed by atoms with Crippen LogP contribution in [0.2, 0.25) is 15.1 Å². The fourth-order valence-electron chi connectivity index (χ4n) is 4.05. The molecule has 6 nitrogen and oxygen atoms in total. The summed E-state index contributed by atoms with van der Waals surface area (Å²) >= 11 is 18.0. The normalized spacial score (nSPS) is 14.8. The molecule has 1 aliphatic carbocycles. The monoisotopic (exact) mass is 588 g/mol. The van der Waals surface area contributed by atoms with Crippen molar-refractivity contribution < 1.29 is 19.4 Å². The molecule has 1 aliphatic heterocycles. The number of ether oxygens (including phenoxy) is 2. The molecule has 0 aromatic heterocycles. The van der Waals surface area contributed by atoms with Crippen LogP contribution in [0.3, 0.4) is 0 Å². The average molecular weight is 590 g/mol. The number of carbonyl (C=O) groups is 1. The molecule has 3 N–H and O–H groups in total. The van der Waals surface area contributed by atoms with Gasteiger partial charge in [0.1, 0.15) is 29.7 Å². The van der Waals surface area contributed by atoms with E-state index in [9.17, 15) is 9.90 Å². The Labute approximate surface area is 243 Å². The number of hydrogen-bond acceptors (Lipinski definition) is 5. The van der Waals surface area contributed by atoms with Crippen LogP contribution in [0.15, 0.2) is 72.3 Å². The Morgan fingerprint density at radius 3 is 2.36 bits per heavy atom. The van der Waals surface area contributed by atoms with Gasteiger partial charge in [0.15, 0.2) is 0 Å². The molecule has 39 heavy (non-hydrogen) atoms. The van der Waals surface area contributed by atoms with Crippen molar-refractivity contribution >= 4 is 46.3 Å². The highest BCUT2D eigenvalue weighted by Gasteiger charge is 2.20. The quantitative estimate of drug-likeness (QED) is 0.224. The smallest absolute Gasteiger partial charge is 0.333 e. The summed E-state index contributed by atoms with van der Waals surface area (Å²) in [6, 6.07) is 21.4. The number of rotatable bonds is 10. The third-order valence-electron chi connectivity index (χ3n) is 6.32. The van der Waals surface area contributed by atoms with Crippen molar-refractivity contribution in [1.82, 2.24) is 10.6 Å². The third-order valence-corrected chi connectivity index (χ3v) is 7.49. The first kappa shape index (κ1) is 29.2. The minimum Gasteiger partial charge on any atom is -0.490 e. The SMILES string of the molecule is Clc1ccccc1CNC1CC1.O=C(O)C1=C(c2ccc(OCCOc3cccc(Cl)c3Cl)cc2)CCNC1. The number of aliphatic carboxylic acids is 1. The standard InChI is InChI=1S/C20H19Cl2NO4.C10H12ClN/c21-17-2-1-3-18(19(17)22)27-11-10-26-14-6-4-13(5-7-14)15-8-9-23-12-16(15)20(24)25;11-10-4-2-1-3-8(10)7-12-9-5-6-9/h1-7,23H,8-12H2,(H,24,25);1-4,9,12H,5-7H2. The predicted molar refractivity (Wildman–Crippen MR) is 157 cm³/mol. The summed E-state index contributed by atoms with van der Waals surface area (Å²) in [5, 5.41) is 17.6. The van der Waals surface area contributed by atoms with E-state index in [2.05, 4.69) is 16.7 Å². The van der Waals surface area contributed by atoms with Gasteiger partial charge in [0.25, 0.3) is 0 Å². The third kappa shape index (κ3) is 8.88. The maximum absolute atomic E-state index is 11.4. The number of halogens is 3. The highest BCUT2D eigenvalue weighted by atomic mass is 35.5. The van der Waals surface area contributed by atoms with E-state index >= 15 is 0 Å². The summed E-state index contributed by atoms with van der Waals surface area (Å²) in [5.41, 5.74) is 3.39. The minimum absolute atomic E-state index is 0.321. The summed E-state index contributed by atoms with van der Waals surface area (Å²) in [7, 11) is 0. The van der Waals surface area contributed by atoms with Gasteiger partial charge in [-0.15, -0.1) is 0 Å². The van der Waals surface area contributed by atoms with E-state index in [1.807, 2.05) is 42.5 Å². The maximum atomic E-state index is 11.4. The van der Waals surface area contributed by atoms with Crippen molar-refractivity contribution in [1.29, 1.82) is 0 Å². The number of nitrogens with one attached hydrogen (secondary N) is 2. The van der Waals surface area contributed by atoms with Crippen LogP contribution < -0.4 is 20.1 Å². The van der Waals surface area contributed by atoms with Gasteiger partial charge in [-0.2, -0.15) is 0 Å². The summed E-state index contributed by atoms with van der Waals surface area (Å²) in [5.74, 6) is 0.322. The van der Waals surface area contributed by atoms with Crippen LogP contribution in [-0.4, -0.2) is 43.4 Å². The second kappa shape index (κ2) is 14.6. The zero-order valence-corrected chi connectivity index (χ0v) is 23.7. The molecule has 0 saturated heterocycles. The Bertz CT molecular complexity index is 1290. The van der Waals surface area contributed by atoms with Crippen molar-refractivity contribution in [2.75, 3.05) is 26.3 Å². The largest absolute Gasteiger partial charge is 0.490 e. The zero-order chi connectivity index (χ0) is 27.6. The average Bonchev–Trinajstić information content (AvgIpc) is 3.78. The molecule has 1 heterocycles. The summed E-state index contributed by atoms with van der Waals surface area (Å²) in [6.45, 7) is 2.72. The van der Waals surface area contributed by atoms with Crippen molar-refractivity contribution in [3.05, 3.63) is 98.5 Å². The Balaban J connectivity index is 0.000000243. The lowest BCUT2D eigenvalue weighted by molar-refractivity contribution is -0.132. The lowest BCUT2D eigenvalue weighted by Gasteiger charge is -2.19. The van der Waals surface area contributed by atoms with Crippen LogP contribution in [0, 0.1) is 0 Å². The van der Waals surface area contributed by atoms with E-state index in [1.165, 1.54) is 18.4 Å². The first-order valence-corrected chi connectivity index (χ1v) is 14.0. The molecular formula is C30H31Cl3N2O4. The first-order chi connectivity index (χ1) is 18.9. The van der Waals surface area contributed by atoms with Crippen LogP contribution in [-0.2, 0) is 11.3 Å². The Morgan fingerprint density at radius 2 is 1.64 bits per heavy atom. The molecule has 0 radical (unpaired) electrons. The van der Waals surface area contributed by atoms with Crippen LogP contribution in [0.1, 0.15) is 30.4 Å². The van der Waals surface area contributed by atoms with Crippen molar-refractivity contribution in [2.45, 2.75) is 31.8 Å². The molecule has 0 unspecified atom stereocenters. The molecule has 0 spiro atoms. The minimum atomic E-state index is -0.880. The van der Waals surface area contributed by atoms with Crippen LogP contribution in [0.25, 0.3) is 5.57 Å². The molecule has 0 amide bonds. The lowest BCUT2D eigenvalue weighted by Crippen LogP contribution is -2.28. The van der Waals surface area contributed by atoms with Gasteiger partial charge < -0.3 is 25.2 Å². The molecule has 9 heteroatoms. The van der Waals surface area contributed by atoms with Gasteiger partial charge in [0.05, 0.1) is 10.6 Å². The van der Waals surface area contributed by atoms with E-state index in [1.54, 1.807) is 18.2 Å². The molecule has 2 aliphatic rings. The highest BCUT2D eigenvalue weighted by Crippen LogP contribution is 2.31. The van der Waals surface area contributed by atoms with Crippen molar-refractivity contribution in [2.24, 2.45) is 0 Å². The number of carboxylic acids is 1. The molecule has 1 saturated carbocycles. The van der Waals surface area contributed by atoms with Gasteiger partial charge in [-0.05, 0) is 72.8 Å². The van der Waals surface area contributed by atoms with Crippen molar-refractivity contribution in [3.8, 4) is 11.5 Å². The summed E-state index contributed by atoms with van der Waals surface area (Å²) in [6.07, 6.45) is 3.34. The molecule has 0 atom stereocenters. The Morgan fingerprint density at radius 1 is 0.923 bits per heavy atom. The van der Waals surface area contributed by atoms with Crippen LogP contribution >= 0.6 is 34.8 Å². The van der Waals surface area contributed by atoms with Gasteiger partial charge in [-0.3, -0.25) is 0 Å². The molecular weight excluding hydrogens is 559 g/mol. The molecule has 3 aromatic carbocycles. The van der Waals surface area contributed by atoms with Gasteiger partial charge in [0.2, 0.25) is 0 Å². The second-order valence-corrected chi connectivity index (χ2v) is 10.4. The summed E-state index contributed by atoms with van der Waals surface area (Å²) in [4.78, 5) is 11.4. The second-order valence-electron chi connectivity index (χ2n) is 9.21. The molecule has 5 rings (SSSR count). The Hall–Kier alpha value is -2.74. The van der Waals surface area contributed by atoms with Gasteiger partial charge in [0, 0.05) is 24.2 Å². The van der Waals surface area contributed by atoms with E-state index in [-0.39, 0.29) is 0 Å². The molecule has 3 aromatic rings. The summed E-state index contributed by atoms with van der Waals surface area (Å²) < 4.78 is 11.2. The zero-order valence-electron chi connectivity index (χ0n) is 21.4. The molecule has 1 fully saturated rings. The lowest BCUT2D eigenvalue weighted by atomic mass is 9.94. The topological polar surface area (TPSA) is 79.8 Å². The fourth-order valence-corrected chi connectivity index (χ4v) is 4.60. The Kier molecular flexibility index (Phi) is 10.9. The van der Waals surface area contributed by atoms with E-state index in [0.717, 1.165) is 35.3 Å². The molecule has 0 bridgehead atoms. The van der Waals surface area contributed by atoms with Gasteiger partial charge >= 0.3 is 5.97 Å². The van der Waals surface area contributed by atoms with Gasteiger partial charge in [-0.1, -0.05) is 71.2 Å². The number of benzene rings is 3. The first-order valence-electron chi connectivity index (χ1n) is 12.8. The number of carboxylic acid groups (broad SMARTS) is 1. The van der Waals surface area contributed by atoms with Crippen molar-refractivity contribution in [3.63, 3.8) is 0 Å². The van der Waals surface area contributed by atoms with E-state index in [4.69, 9.17) is 44.3 Å². The van der Waals surface area contributed by atoms with E-state index in [0.29, 0.717) is 53.3 Å². The fraction of sp³-hybridized carbons (Fsp3) is 0.300. The van der Waals surface area contributed by atoms with E-state index < -0.39 is 5.97 Å². The van der Waals surface area contributed by atoms with Gasteiger partial charge in [-0.25, -0.2) is 4.79 Å². The highest BCUT2D eigenvalue weighted by molar-refractivity contribution is 6.42. The van der Waals surface area contributed by atoms with Crippen LogP contribution in [0.4, 0.5) is 0 Å². The maximum Gasteiger partial charge on any atom is 0.333 e. The molecule has 206 valence electrons. The van der Waals surface area contributed by atoms with Crippen LogP contribution in [0.5, 0.6) is 11.5 Å².